The Balaban J connectivity index is 0.00000243. The number of anilines is 1. The van der Waals surface area contributed by atoms with Crippen LogP contribution < -0.4 is 20.5 Å². The van der Waals surface area contributed by atoms with E-state index in [0.29, 0.717) is 25.7 Å². The minimum Gasteiger partial charge on any atom is -0.490 e. The molecule has 0 aliphatic carbocycles. The quantitative estimate of drug-likeness (QED) is 0.383. The first-order valence-electron chi connectivity index (χ1n) is 8.30. The van der Waals surface area contributed by atoms with Gasteiger partial charge in [-0.25, -0.2) is 0 Å². The summed E-state index contributed by atoms with van der Waals surface area (Å²) < 4.78 is 11.3. The summed E-state index contributed by atoms with van der Waals surface area (Å²) in [5.74, 6) is 1.89. The Morgan fingerprint density at radius 1 is 1.27 bits per heavy atom. The third kappa shape index (κ3) is 5.49. The van der Waals surface area contributed by atoms with E-state index in [-0.39, 0.29) is 30.0 Å². The smallest absolute Gasteiger partial charge is 0.193 e. The lowest BCUT2D eigenvalue weighted by molar-refractivity contribution is 0.297. The average Bonchev–Trinajstić information content (AvgIpc) is 3.00. The molecule has 1 aliphatic heterocycles. The van der Waals surface area contributed by atoms with Crippen LogP contribution in [0.1, 0.15) is 17.3 Å². The Morgan fingerprint density at radius 2 is 2.04 bits per heavy atom. The van der Waals surface area contributed by atoms with Gasteiger partial charge in [0, 0.05) is 23.1 Å². The van der Waals surface area contributed by atoms with Crippen molar-refractivity contribution in [2.24, 2.45) is 10.7 Å². The molecule has 0 radical (unpaired) electrons. The lowest BCUT2D eigenvalue weighted by Crippen LogP contribution is -2.26. The van der Waals surface area contributed by atoms with Crippen LogP contribution in [0.4, 0.5) is 5.69 Å². The lowest BCUT2D eigenvalue weighted by atomic mass is 10.2. The number of likely N-dealkylation sites (N-methyl/N-ethyl adjacent to an activating group) is 1. The number of ether oxygens (including phenoxy) is 2. The minimum atomic E-state index is 0. The molecule has 0 bridgehead atoms. The molecule has 0 saturated heterocycles. The van der Waals surface area contributed by atoms with E-state index in [1.807, 2.05) is 32.3 Å². The standard InChI is InChI=1S/C18H24N4O2S.HI/c1-22(2)14(17-5-3-10-25-17)12-20-18(19)21-13-6-7-15-16(11-13)24-9-4-8-23-15;/h3,5-7,10-11,14H,4,8-9,12H2,1-2H3,(H3,19,20,21);1H. The number of rotatable bonds is 5. The highest BCUT2D eigenvalue weighted by Gasteiger charge is 2.15. The van der Waals surface area contributed by atoms with Gasteiger partial charge in [0.25, 0.3) is 0 Å². The molecule has 1 atom stereocenters. The van der Waals surface area contributed by atoms with Gasteiger partial charge < -0.3 is 25.4 Å². The molecule has 6 nitrogen and oxygen atoms in total. The molecule has 26 heavy (non-hydrogen) atoms. The summed E-state index contributed by atoms with van der Waals surface area (Å²) in [7, 11) is 4.10. The van der Waals surface area contributed by atoms with Gasteiger partial charge in [-0.1, -0.05) is 6.07 Å². The zero-order chi connectivity index (χ0) is 17.6. The molecule has 0 fully saturated rings. The van der Waals surface area contributed by atoms with Gasteiger partial charge in [-0.15, -0.1) is 35.3 Å². The van der Waals surface area contributed by atoms with Crippen LogP contribution in [0.5, 0.6) is 11.5 Å². The third-order valence-electron chi connectivity index (χ3n) is 3.95. The molecule has 0 spiro atoms. The van der Waals surface area contributed by atoms with Crippen LogP contribution in [0.25, 0.3) is 0 Å². The fraction of sp³-hybridized carbons (Fsp3) is 0.389. The Labute approximate surface area is 175 Å². The highest BCUT2D eigenvalue weighted by Crippen LogP contribution is 2.32. The topological polar surface area (TPSA) is 72.1 Å². The van der Waals surface area contributed by atoms with E-state index in [9.17, 15) is 0 Å². The van der Waals surface area contributed by atoms with E-state index in [1.54, 1.807) is 11.3 Å². The monoisotopic (exact) mass is 488 g/mol. The number of aliphatic imine (C=N–C) groups is 1. The van der Waals surface area contributed by atoms with Crippen molar-refractivity contribution < 1.29 is 9.47 Å². The molecule has 1 unspecified atom stereocenters. The number of nitrogens with one attached hydrogen (secondary N) is 1. The first-order valence-corrected chi connectivity index (χ1v) is 9.18. The summed E-state index contributed by atoms with van der Waals surface area (Å²) >= 11 is 1.73. The predicted octanol–water partition coefficient (Wildman–Crippen LogP) is 3.56. The normalized spacial score (nSPS) is 15.1. The number of halogens is 1. The maximum atomic E-state index is 6.07. The van der Waals surface area contributed by atoms with Crippen LogP contribution in [-0.4, -0.2) is 44.7 Å². The second-order valence-corrected chi connectivity index (χ2v) is 7.04. The first-order chi connectivity index (χ1) is 12.1. The molecular formula is C18H25IN4O2S. The van der Waals surface area contributed by atoms with Crippen molar-refractivity contribution in [1.29, 1.82) is 0 Å². The number of guanidine groups is 1. The van der Waals surface area contributed by atoms with Crippen LogP contribution in [0.3, 0.4) is 0 Å². The van der Waals surface area contributed by atoms with Crippen LogP contribution in [0.2, 0.25) is 0 Å². The molecule has 0 amide bonds. The number of thiophene rings is 1. The van der Waals surface area contributed by atoms with Gasteiger partial charge in [0.15, 0.2) is 17.5 Å². The summed E-state index contributed by atoms with van der Waals surface area (Å²) in [6, 6.07) is 10.1. The molecule has 3 N–H and O–H groups in total. The summed E-state index contributed by atoms with van der Waals surface area (Å²) in [6.45, 7) is 1.93. The van der Waals surface area contributed by atoms with Gasteiger partial charge in [0.2, 0.25) is 0 Å². The van der Waals surface area contributed by atoms with E-state index in [2.05, 4.69) is 32.7 Å². The van der Waals surface area contributed by atoms with Crippen LogP contribution >= 0.6 is 35.3 Å². The molecule has 1 aromatic heterocycles. The maximum absolute atomic E-state index is 6.07. The Bertz CT molecular complexity index is 722. The second kappa shape index (κ2) is 9.98. The number of nitrogens with two attached hydrogens (primary N) is 1. The third-order valence-corrected chi connectivity index (χ3v) is 4.92. The summed E-state index contributed by atoms with van der Waals surface area (Å²) in [5.41, 5.74) is 6.90. The molecule has 142 valence electrons. The maximum Gasteiger partial charge on any atom is 0.193 e. The number of hydrogen-bond acceptors (Lipinski definition) is 5. The number of fused-ring (bicyclic) bond motifs is 1. The van der Waals surface area contributed by atoms with E-state index in [4.69, 9.17) is 15.2 Å². The van der Waals surface area contributed by atoms with Crippen LogP contribution in [0.15, 0.2) is 40.7 Å². The summed E-state index contributed by atoms with van der Waals surface area (Å²) in [5, 5.41) is 5.21. The lowest BCUT2D eigenvalue weighted by Gasteiger charge is -2.21. The Hall–Kier alpha value is -1.52. The van der Waals surface area contributed by atoms with E-state index >= 15 is 0 Å². The van der Waals surface area contributed by atoms with Gasteiger partial charge >= 0.3 is 0 Å². The van der Waals surface area contributed by atoms with Crippen molar-refractivity contribution in [3.8, 4) is 11.5 Å². The van der Waals surface area contributed by atoms with E-state index < -0.39 is 0 Å². The molecule has 0 saturated carbocycles. The molecule has 3 rings (SSSR count). The summed E-state index contributed by atoms with van der Waals surface area (Å²) in [4.78, 5) is 7.93. The molecule has 8 heteroatoms. The van der Waals surface area contributed by atoms with E-state index in [1.165, 1.54) is 4.88 Å². The molecule has 1 aliphatic rings. The molecule has 1 aromatic carbocycles. The average molecular weight is 488 g/mol. The molecular weight excluding hydrogens is 463 g/mol. The fourth-order valence-electron chi connectivity index (χ4n) is 2.60. The van der Waals surface area contributed by atoms with Crippen molar-refractivity contribution >= 4 is 47.0 Å². The molecule has 2 aromatic rings. The van der Waals surface area contributed by atoms with Crippen LogP contribution in [0, 0.1) is 0 Å². The largest absolute Gasteiger partial charge is 0.490 e. The van der Waals surface area contributed by atoms with Gasteiger partial charge in [0.1, 0.15) is 0 Å². The zero-order valence-electron chi connectivity index (χ0n) is 15.0. The number of benzene rings is 1. The van der Waals surface area contributed by atoms with Gasteiger partial charge in [-0.2, -0.15) is 0 Å². The number of nitrogens with zero attached hydrogens (tertiary/aromatic N) is 2. The number of hydrogen-bond donors (Lipinski definition) is 2. The second-order valence-electron chi connectivity index (χ2n) is 6.06. The fourth-order valence-corrected chi connectivity index (χ4v) is 3.52. The summed E-state index contributed by atoms with van der Waals surface area (Å²) in [6.07, 6.45) is 0.885. The van der Waals surface area contributed by atoms with Crippen molar-refractivity contribution in [2.75, 3.05) is 39.2 Å². The molecule has 2 heterocycles. The van der Waals surface area contributed by atoms with Crippen molar-refractivity contribution in [3.63, 3.8) is 0 Å². The highest BCUT2D eigenvalue weighted by molar-refractivity contribution is 14.0. The predicted molar refractivity (Wildman–Crippen MR) is 118 cm³/mol. The van der Waals surface area contributed by atoms with E-state index in [0.717, 1.165) is 23.6 Å². The van der Waals surface area contributed by atoms with Crippen LogP contribution in [-0.2, 0) is 0 Å². The van der Waals surface area contributed by atoms with Gasteiger partial charge in [0.05, 0.1) is 25.8 Å². The minimum absolute atomic E-state index is 0. The van der Waals surface area contributed by atoms with Crippen molar-refractivity contribution in [3.05, 3.63) is 40.6 Å². The SMILES string of the molecule is CN(C)C(CN=C(N)Nc1ccc2c(c1)OCCCO2)c1cccs1.I. The zero-order valence-corrected chi connectivity index (χ0v) is 18.1. The highest BCUT2D eigenvalue weighted by atomic mass is 127. The Morgan fingerprint density at radius 3 is 2.73 bits per heavy atom. The Kier molecular flexibility index (Phi) is 7.98. The van der Waals surface area contributed by atoms with Crippen molar-refractivity contribution in [1.82, 2.24) is 4.90 Å². The van der Waals surface area contributed by atoms with Crippen molar-refractivity contribution in [2.45, 2.75) is 12.5 Å². The van der Waals surface area contributed by atoms with Gasteiger partial charge in [-0.3, -0.25) is 4.99 Å². The first kappa shape index (κ1) is 20.8. The van der Waals surface area contributed by atoms with Gasteiger partial charge in [-0.05, 0) is 37.7 Å².